The maximum absolute atomic E-state index is 13.5. The molecule has 0 fully saturated rings. The van der Waals surface area contributed by atoms with Gasteiger partial charge in [-0.25, -0.2) is 22.0 Å². The summed E-state index contributed by atoms with van der Waals surface area (Å²) in [5.74, 6) is -12.4. The molecule has 2 aromatic rings. The lowest BCUT2D eigenvalue weighted by atomic mass is 10.1. The van der Waals surface area contributed by atoms with Gasteiger partial charge in [-0.3, -0.25) is 25.0 Å². The standard InChI is InChI=1S/C14H6F5N3O5/c15-9-8(10(16)12(18)13(19)11(9)17)4-20-14(23)5-1-6(21(24)25)3-7(2-5)22(26)27/h1-3H,4H2,(H,20,23). The maximum atomic E-state index is 13.5. The number of carbonyl (C=O) groups excluding carboxylic acids is 1. The van der Waals surface area contributed by atoms with E-state index in [0.717, 1.165) is 0 Å². The molecule has 0 aromatic heterocycles. The molecule has 0 aliphatic heterocycles. The second kappa shape index (κ2) is 7.31. The van der Waals surface area contributed by atoms with E-state index < -0.39 is 73.9 Å². The zero-order valence-electron chi connectivity index (χ0n) is 12.8. The molecular formula is C14H6F5N3O5. The summed E-state index contributed by atoms with van der Waals surface area (Å²) in [6, 6.07) is 1.85. The molecule has 142 valence electrons. The molecule has 0 aliphatic carbocycles. The van der Waals surface area contributed by atoms with Crippen LogP contribution in [-0.4, -0.2) is 15.8 Å². The van der Waals surface area contributed by atoms with Gasteiger partial charge >= 0.3 is 0 Å². The van der Waals surface area contributed by atoms with E-state index in [0.29, 0.717) is 18.2 Å². The lowest BCUT2D eigenvalue weighted by Gasteiger charge is -2.09. The first-order valence-electron chi connectivity index (χ1n) is 6.77. The quantitative estimate of drug-likeness (QED) is 0.276. The summed E-state index contributed by atoms with van der Waals surface area (Å²) in [5, 5.41) is 23.3. The smallest absolute Gasteiger partial charge is 0.277 e. The predicted molar refractivity (Wildman–Crippen MR) is 77.2 cm³/mol. The van der Waals surface area contributed by atoms with Gasteiger partial charge in [-0.15, -0.1) is 0 Å². The molecule has 2 aromatic carbocycles. The highest BCUT2D eigenvalue weighted by atomic mass is 19.2. The summed E-state index contributed by atoms with van der Waals surface area (Å²) in [7, 11) is 0. The lowest BCUT2D eigenvalue weighted by Crippen LogP contribution is -2.25. The Kier molecular flexibility index (Phi) is 5.33. The number of hydrogen-bond donors (Lipinski definition) is 1. The van der Waals surface area contributed by atoms with Crippen molar-refractivity contribution in [3.63, 3.8) is 0 Å². The van der Waals surface area contributed by atoms with Gasteiger partial charge in [-0.2, -0.15) is 0 Å². The van der Waals surface area contributed by atoms with Crippen LogP contribution in [0.25, 0.3) is 0 Å². The summed E-state index contributed by atoms with van der Waals surface area (Å²) < 4.78 is 66.3. The Morgan fingerprint density at radius 2 is 1.22 bits per heavy atom. The van der Waals surface area contributed by atoms with E-state index in [1.807, 2.05) is 0 Å². The Morgan fingerprint density at radius 3 is 1.63 bits per heavy atom. The van der Waals surface area contributed by atoms with E-state index in [9.17, 15) is 47.0 Å². The highest BCUT2D eigenvalue weighted by molar-refractivity contribution is 5.95. The van der Waals surface area contributed by atoms with Gasteiger partial charge in [0.05, 0.1) is 21.5 Å². The van der Waals surface area contributed by atoms with Gasteiger partial charge < -0.3 is 5.32 Å². The number of carbonyl (C=O) groups is 1. The van der Waals surface area contributed by atoms with Gasteiger partial charge in [0.15, 0.2) is 23.3 Å². The molecular weight excluding hydrogens is 385 g/mol. The molecule has 0 aliphatic rings. The Morgan fingerprint density at radius 1 is 0.815 bits per heavy atom. The van der Waals surface area contributed by atoms with Crippen LogP contribution in [0.1, 0.15) is 15.9 Å². The normalized spacial score (nSPS) is 10.6. The van der Waals surface area contributed by atoms with E-state index >= 15 is 0 Å². The minimum atomic E-state index is -2.38. The third kappa shape index (κ3) is 3.80. The van der Waals surface area contributed by atoms with Crippen LogP contribution in [0.3, 0.4) is 0 Å². The first-order valence-corrected chi connectivity index (χ1v) is 6.77. The molecule has 0 saturated heterocycles. The fourth-order valence-corrected chi connectivity index (χ4v) is 2.01. The van der Waals surface area contributed by atoms with Gasteiger partial charge in [0.2, 0.25) is 5.82 Å². The number of nitro benzene ring substituents is 2. The molecule has 0 bridgehead atoms. The number of rotatable bonds is 5. The Bertz CT molecular complexity index is 921. The molecule has 0 unspecified atom stereocenters. The topological polar surface area (TPSA) is 115 Å². The maximum Gasteiger partial charge on any atom is 0.277 e. The van der Waals surface area contributed by atoms with E-state index in [-0.39, 0.29) is 0 Å². The van der Waals surface area contributed by atoms with Gasteiger partial charge in [-0.1, -0.05) is 0 Å². The molecule has 13 heteroatoms. The molecule has 0 spiro atoms. The van der Waals surface area contributed by atoms with Crippen LogP contribution in [0.15, 0.2) is 18.2 Å². The lowest BCUT2D eigenvalue weighted by molar-refractivity contribution is -0.394. The number of amides is 1. The predicted octanol–water partition coefficient (Wildman–Crippen LogP) is 3.13. The average Bonchev–Trinajstić information content (AvgIpc) is 2.64. The zero-order valence-corrected chi connectivity index (χ0v) is 12.8. The molecule has 0 radical (unpaired) electrons. The first-order chi connectivity index (χ1) is 12.5. The van der Waals surface area contributed by atoms with Crippen molar-refractivity contribution in [2.75, 3.05) is 0 Å². The molecule has 1 amide bonds. The average molecular weight is 391 g/mol. The number of nitrogens with zero attached hydrogens (tertiary/aromatic N) is 2. The number of halogens is 5. The molecule has 27 heavy (non-hydrogen) atoms. The second-order valence-electron chi connectivity index (χ2n) is 4.98. The summed E-state index contributed by atoms with van der Waals surface area (Å²) in [6.07, 6.45) is 0. The van der Waals surface area contributed by atoms with Crippen LogP contribution in [0, 0.1) is 49.3 Å². The summed E-state index contributed by atoms with van der Waals surface area (Å²) >= 11 is 0. The third-order valence-electron chi connectivity index (χ3n) is 3.31. The molecule has 0 atom stereocenters. The SMILES string of the molecule is O=C(NCc1c(F)c(F)c(F)c(F)c1F)c1cc([N+](=O)[O-])cc([N+](=O)[O-])c1. The van der Waals surface area contributed by atoms with Gasteiger partial charge in [0.1, 0.15) is 0 Å². The van der Waals surface area contributed by atoms with Crippen LogP contribution < -0.4 is 5.32 Å². The van der Waals surface area contributed by atoms with E-state index in [1.165, 1.54) is 0 Å². The Labute approximate surface area is 145 Å². The van der Waals surface area contributed by atoms with Crippen molar-refractivity contribution in [2.24, 2.45) is 0 Å². The number of hydrogen-bond acceptors (Lipinski definition) is 5. The highest BCUT2D eigenvalue weighted by Gasteiger charge is 2.26. The fourth-order valence-electron chi connectivity index (χ4n) is 2.01. The second-order valence-corrected chi connectivity index (χ2v) is 4.98. The van der Waals surface area contributed by atoms with Crippen LogP contribution in [0.5, 0.6) is 0 Å². The zero-order chi connectivity index (χ0) is 20.5. The van der Waals surface area contributed by atoms with Crippen molar-refractivity contribution in [3.05, 3.63) is 78.6 Å². The Hall–Kier alpha value is -3.64. The van der Waals surface area contributed by atoms with Crippen LogP contribution in [0.4, 0.5) is 33.3 Å². The molecule has 2 rings (SSSR count). The third-order valence-corrected chi connectivity index (χ3v) is 3.31. The summed E-state index contributed by atoms with van der Waals surface area (Å²) in [4.78, 5) is 31.4. The monoisotopic (exact) mass is 391 g/mol. The molecule has 1 N–H and O–H groups in total. The largest absolute Gasteiger partial charge is 0.348 e. The number of nitro groups is 2. The van der Waals surface area contributed by atoms with Crippen LogP contribution in [-0.2, 0) is 6.54 Å². The van der Waals surface area contributed by atoms with Crippen molar-refractivity contribution in [2.45, 2.75) is 6.54 Å². The van der Waals surface area contributed by atoms with Crippen molar-refractivity contribution in [1.82, 2.24) is 5.32 Å². The van der Waals surface area contributed by atoms with E-state index in [2.05, 4.69) is 0 Å². The van der Waals surface area contributed by atoms with Crippen molar-refractivity contribution >= 4 is 17.3 Å². The van der Waals surface area contributed by atoms with Gasteiger partial charge in [0, 0.05) is 24.2 Å². The summed E-state index contributed by atoms with van der Waals surface area (Å²) in [6.45, 7) is -1.17. The van der Waals surface area contributed by atoms with Gasteiger partial charge in [-0.05, 0) is 0 Å². The van der Waals surface area contributed by atoms with Crippen LogP contribution in [0.2, 0.25) is 0 Å². The van der Waals surface area contributed by atoms with Crippen LogP contribution >= 0.6 is 0 Å². The minimum absolute atomic E-state index is 0.570. The minimum Gasteiger partial charge on any atom is -0.348 e. The number of nitrogens with one attached hydrogen (secondary N) is 1. The van der Waals surface area contributed by atoms with Crippen molar-refractivity contribution in [3.8, 4) is 0 Å². The fraction of sp³-hybridized carbons (Fsp3) is 0.0714. The first kappa shape index (κ1) is 19.7. The molecule has 8 nitrogen and oxygen atoms in total. The molecule has 0 heterocycles. The van der Waals surface area contributed by atoms with Gasteiger partial charge in [0.25, 0.3) is 17.3 Å². The van der Waals surface area contributed by atoms with E-state index in [1.54, 1.807) is 5.32 Å². The molecule has 0 saturated carbocycles. The summed E-state index contributed by atoms with van der Waals surface area (Å²) in [5.41, 5.74) is -3.60. The van der Waals surface area contributed by atoms with Crippen molar-refractivity contribution < 1.29 is 36.6 Å². The highest BCUT2D eigenvalue weighted by Crippen LogP contribution is 2.24. The Balaban J connectivity index is 2.35. The van der Waals surface area contributed by atoms with Crippen molar-refractivity contribution in [1.29, 1.82) is 0 Å². The number of benzene rings is 2. The van der Waals surface area contributed by atoms with E-state index in [4.69, 9.17) is 0 Å². The number of non-ortho nitro benzene ring substituents is 2.